The normalized spacial score (nSPS) is 23.8. The molecule has 5 heteroatoms. The Morgan fingerprint density at radius 3 is 2.83 bits per heavy atom. The number of hydrogen-bond acceptors (Lipinski definition) is 4. The Balaban J connectivity index is 1.53. The first kappa shape index (κ1) is 16.6. The molecule has 0 unspecified atom stereocenters. The second kappa shape index (κ2) is 7.07. The second-order valence-electron chi connectivity index (χ2n) is 6.67. The van der Waals surface area contributed by atoms with Crippen molar-refractivity contribution in [3.8, 4) is 0 Å². The lowest BCUT2D eigenvalue weighted by Crippen LogP contribution is -2.45. The molecule has 3 atom stereocenters. The molecular weight excluding hydrogens is 306 g/mol. The minimum Gasteiger partial charge on any atom is -0.450 e. The number of benzene rings is 1. The van der Waals surface area contributed by atoms with Crippen LogP contribution in [0, 0.1) is 11.8 Å². The predicted octanol–water partition coefficient (Wildman–Crippen LogP) is 3.53. The third kappa shape index (κ3) is 3.61. The van der Waals surface area contributed by atoms with Gasteiger partial charge in [-0.3, -0.25) is 4.79 Å². The van der Waals surface area contributed by atoms with Crippen LogP contribution in [-0.4, -0.2) is 24.5 Å². The van der Waals surface area contributed by atoms with E-state index in [1.54, 1.807) is 12.1 Å². The first-order valence-electron chi connectivity index (χ1n) is 8.49. The van der Waals surface area contributed by atoms with Crippen molar-refractivity contribution < 1.29 is 18.7 Å². The van der Waals surface area contributed by atoms with Gasteiger partial charge in [-0.2, -0.15) is 0 Å². The van der Waals surface area contributed by atoms with E-state index < -0.39 is 5.97 Å². The van der Waals surface area contributed by atoms with Crippen LogP contribution in [0.4, 0.5) is 0 Å². The zero-order valence-electron chi connectivity index (χ0n) is 14.1. The molecule has 3 rings (SSSR count). The Kier molecular flexibility index (Phi) is 4.88. The zero-order valence-corrected chi connectivity index (χ0v) is 14.1. The van der Waals surface area contributed by atoms with Crippen molar-refractivity contribution in [3.63, 3.8) is 0 Å². The van der Waals surface area contributed by atoms with E-state index in [1.807, 2.05) is 18.2 Å². The molecule has 5 nitrogen and oxygen atoms in total. The summed E-state index contributed by atoms with van der Waals surface area (Å²) >= 11 is 0. The molecule has 1 N–H and O–H groups in total. The molecule has 1 saturated carbocycles. The summed E-state index contributed by atoms with van der Waals surface area (Å²) in [5, 5.41) is 3.82. The number of carbonyl (C=O) groups is 2. The van der Waals surface area contributed by atoms with Gasteiger partial charge in [0.1, 0.15) is 5.58 Å². The number of fused-ring (bicyclic) bond motifs is 1. The number of furan rings is 1. The van der Waals surface area contributed by atoms with Gasteiger partial charge in [-0.25, -0.2) is 4.79 Å². The van der Waals surface area contributed by atoms with Crippen LogP contribution in [0.1, 0.15) is 43.7 Å². The van der Waals surface area contributed by atoms with Crippen LogP contribution in [0.25, 0.3) is 11.0 Å². The molecule has 2 aromatic rings. The maximum atomic E-state index is 12.1. The molecule has 0 saturated heterocycles. The maximum absolute atomic E-state index is 12.1. The van der Waals surface area contributed by atoms with Crippen LogP contribution < -0.4 is 5.32 Å². The summed E-state index contributed by atoms with van der Waals surface area (Å²) in [5.41, 5.74) is 0.624. The summed E-state index contributed by atoms with van der Waals surface area (Å²) in [4.78, 5) is 24.1. The lowest BCUT2D eigenvalue weighted by molar-refractivity contribution is -0.125. The predicted molar refractivity (Wildman–Crippen MR) is 90.6 cm³/mol. The number of hydrogen-bond donors (Lipinski definition) is 1. The quantitative estimate of drug-likeness (QED) is 0.871. The minimum atomic E-state index is -0.619. The van der Waals surface area contributed by atoms with Gasteiger partial charge >= 0.3 is 5.97 Å². The highest BCUT2D eigenvalue weighted by Crippen LogP contribution is 2.29. The van der Waals surface area contributed by atoms with Gasteiger partial charge in [0.2, 0.25) is 5.76 Å². The minimum absolute atomic E-state index is 0.114. The Hall–Kier alpha value is -2.30. The molecule has 0 radical (unpaired) electrons. The molecule has 1 heterocycles. The van der Waals surface area contributed by atoms with Crippen LogP contribution in [0.5, 0.6) is 0 Å². The number of esters is 1. The fraction of sp³-hybridized carbons (Fsp3) is 0.474. The van der Waals surface area contributed by atoms with E-state index >= 15 is 0 Å². The zero-order chi connectivity index (χ0) is 17.1. The van der Waals surface area contributed by atoms with Crippen LogP contribution in [0.15, 0.2) is 34.7 Å². The van der Waals surface area contributed by atoms with E-state index in [9.17, 15) is 9.59 Å². The van der Waals surface area contributed by atoms with Crippen molar-refractivity contribution in [2.24, 2.45) is 11.8 Å². The summed E-state index contributed by atoms with van der Waals surface area (Å²) in [6, 6.07) is 9.12. The average molecular weight is 329 g/mol. The Morgan fingerprint density at radius 2 is 2.04 bits per heavy atom. The van der Waals surface area contributed by atoms with Crippen molar-refractivity contribution in [2.75, 3.05) is 6.61 Å². The third-order valence-corrected chi connectivity index (χ3v) is 5.01. The molecule has 1 aromatic heterocycles. The highest BCUT2D eigenvalue weighted by molar-refractivity contribution is 5.93. The Labute approximate surface area is 141 Å². The molecule has 0 aliphatic heterocycles. The maximum Gasteiger partial charge on any atom is 0.374 e. The first-order valence-corrected chi connectivity index (χ1v) is 8.49. The summed E-state index contributed by atoms with van der Waals surface area (Å²) < 4.78 is 10.5. The van der Waals surface area contributed by atoms with Crippen molar-refractivity contribution in [1.29, 1.82) is 0 Å². The van der Waals surface area contributed by atoms with Crippen LogP contribution in [0.2, 0.25) is 0 Å². The lowest BCUT2D eigenvalue weighted by Gasteiger charge is -2.34. The first-order chi connectivity index (χ1) is 11.5. The fourth-order valence-corrected chi connectivity index (χ4v) is 3.32. The number of para-hydroxylation sites is 1. The summed E-state index contributed by atoms with van der Waals surface area (Å²) in [7, 11) is 0. The molecule has 128 valence electrons. The highest BCUT2D eigenvalue weighted by atomic mass is 16.5. The number of rotatable bonds is 4. The van der Waals surface area contributed by atoms with E-state index in [2.05, 4.69) is 19.2 Å². The van der Waals surface area contributed by atoms with Gasteiger partial charge < -0.3 is 14.5 Å². The number of amides is 1. The monoisotopic (exact) mass is 329 g/mol. The van der Waals surface area contributed by atoms with Gasteiger partial charge in [0.05, 0.1) is 0 Å². The molecule has 1 amide bonds. The molecule has 1 aliphatic rings. The van der Waals surface area contributed by atoms with E-state index in [-0.39, 0.29) is 24.3 Å². The molecule has 0 spiro atoms. The van der Waals surface area contributed by atoms with Gasteiger partial charge in [-0.15, -0.1) is 0 Å². The molecule has 0 bridgehead atoms. The van der Waals surface area contributed by atoms with Crippen molar-refractivity contribution in [2.45, 2.75) is 39.2 Å². The standard InChI is InChI=1S/C19H23NO4/c1-12-6-5-8-15(13(12)2)20-18(21)11-23-19(22)17-10-14-7-3-4-9-16(14)24-17/h3-4,7,9-10,12-13,15H,5-6,8,11H2,1-2H3,(H,20,21)/t12-,13-,15+/m1/s1. The molecule has 1 fully saturated rings. The van der Waals surface area contributed by atoms with E-state index in [0.717, 1.165) is 18.2 Å². The Bertz CT molecular complexity index is 703. The lowest BCUT2D eigenvalue weighted by atomic mass is 9.78. The van der Waals surface area contributed by atoms with Crippen LogP contribution >= 0.6 is 0 Å². The van der Waals surface area contributed by atoms with Gasteiger partial charge in [-0.05, 0) is 30.4 Å². The Morgan fingerprint density at radius 1 is 1.25 bits per heavy atom. The number of ether oxygens (including phenoxy) is 1. The largest absolute Gasteiger partial charge is 0.450 e. The van der Waals surface area contributed by atoms with Crippen LogP contribution in [0.3, 0.4) is 0 Å². The van der Waals surface area contributed by atoms with Crippen molar-refractivity contribution in [3.05, 3.63) is 36.1 Å². The van der Waals surface area contributed by atoms with Crippen molar-refractivity contribution >= 4 is 22.8 Å². The van der Waals surface area contributed by atoms with Gasteiger partial charge in [0.15, 0.2) is 6.61 Å². The van der Waals surface area contributed by atoms with Gasteiger partial charge in [0, 0.05) is 11.4 Å². The molecule has 1 aromatic carbocycles. The number of nitrogens with one attached hydrogen (secondary N) is 1. The van der Waals surface area contributed by atoms with E-state index in [4.69, 9.17) is 9.15 Å². The van der Waals surface area contributed by atoms with Gasteiger partial charge in [0.25, 0.3) is 5.91 Å². The highest BCUT2D eigenvalue weighted by Gasteiger charge is 2.28. The molecule has 1 aliphatic carbocycles. The third-order valence-electron chi connectivity index (χ3n) is 5.01. The smallest absolute Gasteiger partial charge is 0.374 e. The van der Waals surface area contributed by atoms with E-state index in [1.165, 1.54) is 6.42 Å². The summed E-state index contributed by atoms with van der Waals surface area (Å²) in [5.74, 6) is 0.274. The molecular formula is C19H23NO4. The van der Waals surface area contributed by atoms with Crippen molar-refractivity contribution in [1.82, 2.24) is 5.32 Å². The van der Waals surface area contributed by atoms with Crippen LogP contribution in [-0.2, 0) is 9.53 Å². The molecule has 24 heavy (non-hydrogen) atoms. The average Bonchev–Trinajstić information content (AvgIpc) is 3.01. The fourth-order valence-electron chi connectivity index (χ4n) is 3.32. The van der Waals surface area contributed by atoms with Gasteiger partial charge in [-0.1, -0.05) is 44.9 Å². The summed E-state index contributed by atoms with van der Waals surface area (Å²) in [6.07, 6.45) is 3.30. The number of carbonyl (C=O) groups excluding carboxylic acids is 2. The summed E-state index contributed by atoms with van der Waals surface area (Å²) in [6.45, 7) is 4.09. The SMILES string of the molecule is C[C@@H]1[C@H](C)CCC[C@@H]1NC(=O)COC(=O)c1cc2ccccc2o1. The van der Waals surface area contributed by atoms with E-state index in [0.29, 0.717) is 17.4 Å². The topological polar surface area (TPSA) is 68.5 Å². The second-order valence-corrected chi connectivity index (χ2v) is 6.67.